The van der Waals surface area contributed by atoms with Crippen LogP contribution in [0.3, 0.4) is 0 Å². The minimum atomic E-state index is -1.38. The molecule has 0 saturated carbocycles. The predicted molar refractivity (Wildman–Crippen MR) is 68.2 cm³/mol. The fourth-order valence-electron chi connectivity index (χ4n) is 1.73. The molecule has 1 atom stereocenters. The van der Waals surface area contributed by atoms with Crippen LogP contribution < -0.4 is 11.1 Å². The third kappa shape index (κ3) is 3.70. The molecule has 110 valence electrons. The highest BCUT2D eigenvalue weighted by Gasteiger charge is 2.25. The van der Waals surface area contributed by atoms with Gasteiger partial charge >= 0.3 is 0 Å². The van der Waals surface area contributed by atoms with Crippen LogP contribution in [0.25, 0.3) is 0 Å². The summed E-state index contributed by atoms with van der Waals surface area (Å²) in [7, 11) is 0. The molecule has 1 aromatic rings. The van der Waals surface area contributed by atoms with Gasteiger partial charge < -0.3 is 11.1 Å². The van der Waals surface area contributed by atoms with Crippen molar-refractivity contribution in [2.45, 2.75) is 25.8 Å². The molecule has 1 unspecified atom stereocenters. The third-order valence-corrected chi connectivity index (χ3v) is 2.74. The summed E-state index contributed by atoms with van der Waals surface area (Å²) >= 11 is 0. The van der Waals surface area contributed by atoms with Crippen molar-refractivity contribution in [2.24, 2.45) is 5.73 Å². The summed E-state index contributed by atoms with van der Waals surface area (Å²) in [6.45, 7) is 2.03. The van der Waals surface area contributed by atoms with E-state index < -0.39 is 33.7 Å². The number of hydrogen-bond acceptors (Lipinski definition) is 4. The summed E-state index contributed by atoms with van der Waals surface area (Å²) in [5.74, 6) is -3.54. The van der Waals surface area contributed by atoms with Crippen LogP contribution in [-0.2, 0) is 0 Å². The van der Waals surface area contributed by atoms with Crippen LogP contribution >= 0.6 is 0 Å². The molecule has 0 spiro atoms. The van der Waals surface area contributed by atoms with Crippen LogP contribution in [-0.4, -0.2) is 23.4 Å². The Morgan fingerprint density at radius 1 is 1.45 bits per heavy atom. The molecular weight excluding hydrogens is 272 g/mol. The Bertz CT molecular complexity index is 523. The number of nitro benzene ring substituents is 1. The summed E-state index contributed by atoms with van der Waals surface area (Å²) in [5.41, 5.74) is 4.15. The van der Waals surface area contributed by atoms with E-state index in [1.807, 2.05) is 6.92 Å². The first-order valence-corrected chi connectivity index (χ1v) is 6.05. The number of nitrogens with two attached hydrogens (primary N) is 1. The van der Waals surface area contributed by atoms with Crippen molar-refractivity contribution in [1.82, 2.24) is 5.32 Å². The summed E-state index contributed by atoms with van der Waals surface area (Å²) in [4.78, 5) is 21.8. The summed E-state index contributed by atoms with van der Waals surface area (Å²) in [5, 5.41) is 13.3. The molecular formula is C12H15F2N3O3. The highest BCUT2D eigenvalue weighted by molar-refractivity contribution is 5.98. The number of carbonyl (C=O) groups excluding carboxylic acids is 1. The lowest BCUT2D eigenvalue weighted by Gasteiger charge is -2.15. The third-order valence-electron chi connectivity index (χ3n) is 2.74. The molecule has 1 aromatic carbocycles. The van der Waals surface area contributed by atoms with Gasteiger partial charge in [0.2, 0.25) is 0 Å². The lowest BCUT2D eigenvalue weighted by atomic mass is 10.1. The van der Waals surface area contributed by atoms with E-state index >= 15 is 0 Å². The zero-order valence-corrected chi connectivity index (χ0v) is 10.9. The molecule has 20 heavy (non-hydrogen) atoms. The van der Waals surface area contributed by atoms with Gasteiger partial charge in [0.05, 0.1) is 11.0 Å². The van der Waals surface area contributed by atoms with E-state index in [2.05, 4.69) is 5.32 Å². The number of nitrogens with zero attached hydrogens (tertiary/aromatic N) is 1. The number of carbonyl (C=O) groups is 1. The number of halogens is 2. The Hall–Kier alpha value is -2.09. The minimum Gasteiger partial charge on any atom is -0.348 e. The summed E-state index contributed by atoms with van der Waals surface area (Å²) in [6.07, 6.45) is 1.34. The van der Waals surface area contributed by atoms with Gasteiger partial charge in [0.15, 0.2) is 11.6 Å². The standard InChI is InChI=1S/C12H15F2N3O3/c1-2-3-7(6-15)16-12(18)8-4-9(13)10(14)5-11(8)17(19)20/h4-5,7H,2-3,6,15H2,1H3,(H,16,18). The molecule has 0 heterocycles. The fourth-order valence-corrected chi connectivity index (χ4v) is 1.73. The number of amides is 1. The molecule has 0 radical (unpaired) electrons. The molecule has 0 saturated heterocycles. The number of benzene rings is 1. The number of nitro groups is 1. The van der Waals surface area contributed by atoms with Gasteiger partial charge in [0.1, 0.15) is 5.56 Å². The molecule has 0 aliphatic rings. The minimum absolute atomic E-state index is 0.150. The molecule has 0 fully saturated rings. The van der Waals surface area contributed by atoms with Crippen molar-refractivity contribution in [3.8, 4) is 0 Å². The molecule has 8 heteroatoms. The van der Waals surface area contributed by atoms with E-state index in [-0.39, 0.29) is 12.6 Å². The Kier molecular flexibility index (Phi) is 5.51. The number of hydrogen-bond donors (Lipinski definition) is 2. The maximum Gasteiger partial charge on any atom is 0.285 e. The average molecular weight is 287 g/mol. The molecule has 1 amide bonds. The van der Waals surface area contributed by atoms with Gasteiger partial charge in [-0.25, -0.2) is 8.78 Å². The Morgan fingerprint density at radius 2 is 2.05 bits per heavy atom. The molecule has 3 N–H and O–H groups in total. The highest BCUT2D eigenvalue weighted by Crippen LogP contribution is 2.22. The van der Waals surface area contributed by atoms with Crippen molar-refractivity contribution < 1.29 is 18.5 Å². The summed E-state index contributed by atoms with van der Waals surface area (Å²) in [6, 6.07) is 0.532. The van der Waals surface area contributed by atoms with E-state index in [9.17, 15) is 23.7 Å². The Balaban J connectivity index is 3.08. The Labute approximate surface area is 114 Å². The topological polar surface area (TPSA) is 98.3 Å². The van der Waals surface area contributed by atoms with Crippen LogP contribution in [0.1, 0.15) is 30.1 Å². The van der Waals surface area contributed by atoms with E-state index in [0.29, 0.717) is 18.6 Å². The first kappa shape index (κ1) is 16.0. The molecule has 0 aliphatic heterocycles. The maximum absolute atomic E-state index is 13.1. The lowest BCUT2D eigenvalue weighted by Crippen LogP contribution is -2.40. The van der Waals surface area contributed by atoms with Crippen LogP contribution in [0, 0.1) is 21.7 Å². The fraction of sp³-hybridized carbons (Fsp3) is 0.417. The van der Waals surface area contributed by atoms with Crippen molar-refractivity contribution in [2.75, 3.05) is 6.54 Å². The Morgan fingerprint density at radius 3 is 2.55 bits per heavy atom. The second-order valence-electron chi connectivity index (χ2n) is 4.24. The first-order chi connectivity index (χ1) is 9.40. The van der Waals surface area contributed by atoms with Gasteiger partial charge in [-0.3, -0.25) is 14.9 Å². The quantitative estimate of drug-likeness (QED) is 0.615. The van der Waals surface area contributed by atoms with Crippen LogP contribution in [0.15, 0.2) is 12.1 Å². The SMILES string of the molecule is CCCC(CN)NC(=O)c1cc(F)c(F)cc1[N+](=O)[O-]. The van der Waals surface area contributed by atoms with Gasteiger partial charge in [-0.05, 0) is 12.5 Å². The second-order valence-corrected chi connectivity index (χ2v) is 4.24. The molecule has 0 bridgehead atoms. The van der Waals surface area contributed by atoms with Gasteiger partial charge in [-0.15, -0.1) is 0 Å². The van der Waals surface area contributed by atoms with Gasteiger partial charge in [0.25, 0.3) is 11.6 Å². The smallest absolute Gasteiger partial charge is 0.285 e. The maximum atomic E-state index is 13.1. The van der Waals surface area contributed by atoms with E-state index in [1.54, 1.807) is 0 Å². The number of nitrogens with one attached hydrogen (secondary N) is 1. The van der Waals surface area contributed by atoms with Crippen molar-refractivity contribution in [3.63, 3.8) is 0 Å². The van der Waals surface area contributed by atoms with Crippen LogP contribution in [0.5, 0.6) is 0 Å². The second kappa shape index (κ2) is 6.90. The van der Waals surface area contributed by atoms with Crippen LogP contribution in [0.4, 0.5) is 14.5 Å². The number of rotatable bonds is 6. The van der Waals surface area contributed by atoms with E-state index in [0.717, 1.165) is 6.42 Å². The largest absolute Gasteiger partial charge is 0.348 e. The zero-order valence-electron chi connectivity index (χ0n) is 10.9. The highest BCUT2D eigenvalue weighted by atomic mass is 19.2. The van der Waals surface area contributed by atoms with Gasteiger partial charge in [-0.1, -0.05) is 13.3 Å². The average Bonchev–Trinajstić information content (AvgIpc) is 2.40. The van der Waals surface area contributed by atoms with Gasteiger partial charge in [0, 0.05) is 12.6 Å². The van der Waals surface area contributed by atoms with Crippen molar-refractivity contribution in [1.29, 1.82) is 0 Å². The summed E-state index contributed by atoms with van der Waals surface area (Å²) < 4.78 is 26.1. The van der Waals surface area contributed by atoms with Crippen molar-refractivity contribution >= 4 is 11.6 Å². The lowest BCUT2D eigenvalue weighted by molar-refractivity contribution is -0.385. The molecule has 6 nitrogen and oxygen atoms in total. The van der Waals surface area contributed by atoms with E-state index in [1.165, 1.54) is 0 Å². The zero-order chi connectivity index (χ0) is 15.3. The molecule has 1 rings (SSSR count). The van der Waals surface area contributed by atoms with E-state index in [4.69, 9.17) is 5.73 Å². The normalized spacial score (nSPS) is 12.0. The monoisotopic (exact) mass is 287 g/mol. The van der Waals surface area contributed by atoms with Crippen LogP contribution in [0.2, 0.25) is 0 Å². The van der Waals surface area contributed by atoms with Gasteiger partial charge in [-0.2, -0.15) is 0 Å². The molecule has 0 aromatic heterocycles. The first-order valence-electron chi connectivity index (χ1n) is 6.05. The predicted octanol–water partition coefficient (Wildman–Crippen LogP) is 1.73. The van der Waals surface area contributed by atoms with Crippen molar-refractivity contribution in [3.05, 3.63) is 39.4 Å². The molecule has 0 aliphatic carbocycles.